The van der Waals surface area contributed by atoms with Crippen molar-refractivity contribution in [3.8, 4) is 5.75 Å². The molecule has 0 aliphatic rings. The van der Waals surface area contributed by atoms with Gasteiger partial charge in [0.15, 0.2) is 0 Å². The van der Waals surface area contributed by atoms with Crippen molar-refractivity contribution in [2.24, 2.45) is 5.73 Å². The molecule has 2 nitrogen and oxygen atoms in total. The summed E-state index contributed by atoms with van der Waals surface area (Å²) in [5.41, 5.74) is 8.98. The molecule has 112 valence electrons. The van der Waals surface area contributed by atoms with E-state index in [2.05, 4.69) is 15.9 Å². The van der Waals surface area contributed by atoms with Crippen molar-refractivity contribution in [1.29, 1.82) is 0 Å². The molecule has 0 bridgehead atoms. The Morgan fingerprint density at radius 2 is 2.05 bits per heavy atom. The molecule has 0 heterocycles. The van der Waals surface area contributed by atoms with Gasteiger partial charge in [0.1, 0.15) is 18.2 Å². The van der Waals surface area contributed by atoms with Crippen LogP contribution in [-0.4, -0.2) is 6.04 Å². The smallest absolute Gasteiger partial charge is 0.137 e. The van der Waals surface area contributed by atoms with Gasteiger partial charge < -0.3 is 10.5 Å². The highest BCUT2D eigenvalue weighted by Crippen LogP contribution is 2.26. The van der Waals surface area contributed by atoms with E-state index in [0.29, 0.717) is 11.1 Å². The summed E-state index contributed by atoms with van der Waals surface area (Å²) in [5.74, 6) is 0.600. The molecule has 1 atom stereocenters. The van der Waals surface area contributed by atoms with Gasteiger partial charge in [0.2, 0.25) is 0 Å². The number of rotatable bonds is 5. The minimum atomic E-state index is -0.271. The van der Waals surface area contributed by atoms with Gasteiger partial charge in [0, 0.05) is 6.04 Å². The van der Waals surface area contributed by atoms with Crippen molar-refractivity contribution in [2.45, 2.75) is 32.9 Å². The maximum Gasteiger partial charge on any atom is 0.137 e. The Hall–Kier alpha value is -1.39. The number of nitrogens with two attached hydrogens (primary N) is 1. The van der Waals surface area contributed by atoms with Crippen molar-refractivity contribution in [3.05, 3.63) is 63.4 Å². The van der Waals surface area contributed by atoms with Crippen LogP contribution >= 0.6 is 15.9 Å². The number of para-hydroxylation sites is 1. The first-order valence-electron chi connectivity index (χ1n) is 6.88. The third-order valence-corrected chi connectivity index (χ3v) is 3.81. The molecule has 0 spiro atoms. The number of benzene rings is 2. The third kappa shape index (κ3) is 4.29. The normalized spacial score (nSPS) is 12.2. The highest BCUT2D eigenvalue weighted by molar-refractivity contribution is 9.10. The van der Waals surface area contributed by atoms with Crippen LogP contribution in [-0.2, 0) is 13.0 Å². The predicted octanol–water partition coefficient (Wildman–Crippen LogP) is 4.37. The molecular weight excluding hydrogens is 333 g/mol. The molecule has 21 heavy (non-hydrogen) atoms. The van der Waals surface area contributed by atoms with Gasteiger partial charge in [0.05, 0.1) is 4.47 Å². The maximum atomic E-state index is 13.2. The van der Waals surface area contributed by atoms with Crippen LogP contribution in [0.1, 0.15) is 23.6 Å². The molecule has 2 aromatic carbocycles. The van der Waals surface area contributed by atoms with E-state index in [0.717, 1.165) is 28.9 Å². The Morgan fingerprint density at radius 3 is 2.71 bits per heavy atom. The number of hydrogen-bond donors (Lipinski definition) is 1. The molecule has 0 amide bonds. The molecular formula is C17H19BrFNO. The Kier molecular flexibility index (Phi) is 5.37. The van der Waals surface area contributed by atoms with Crippen LogP contribution in [0.3, 0.4) is 0 Å². The van der Waals surface area contributed by atoms with Crippen LogP contribution in [0.5, 0.6) is 5.75 Å². The van der Waals surface area contributed by atoms with Gasteiger partial charge in [-0.05, 0) is 65.0 Å². The summed E-state index contributed by atoms with van der Waals surface area (Å²) >= 11 is 3.19. The summed E-state index contributed by atoms with van der Waals surface area (Å²) in [6, 6.07) is 11.0. The van der Waals surface area contributed by atoms with E-state index in [1.54, 1.807) is 12.1 Å². The first kappa shape index (κ1) is 16.0. The van der Waals surface area contributed by atoms with E-state index in [9.17, 15) is 4.39 Å². The summed E-state index contributed by atoms with van der Waals surface area (Å²) in [4.78, 5) is 0. The van der Waals surface area contributed by atoms with Gasteiger partial charge >= 0.3 is 0 Å². The zero-order valence-corrected chi connectivity index (χ0v) is 13.8. The van der Waals surface area contributed by atoms with Crippen LogP contribution < -0.4 is 10.5 Å². The topological polar surface area (TPSA) is 35.2 Å². The fraction of sp³-hybridized carbons (Fsp3) is 0.294. The molecule has 0 aliphatic carbocycles. The summed E-state index contributed by atoms with van der Waals surface area (Å²) in [6.07, 6.45) is 0.768. The Morgan fingerprint density at radius 1 is 1.29 bits per heavy atom. The molecule has 0 radical (unpaired) electrons. The Balaban J connectivity index is 2.17. The van der Waals surface area contributed by atoms with E-state index in [-0.39, 0.29) is 11.9 Å². The first-order chi connectivity index (χ1) is 9.97. The average molecular weight is 352 g/mol. The lowest BCUT2D eigenvalue weighted by atomic mass is 10.0. The van der Waals surface area contributed by atoms with Crippen molar-refractivity contribution < 1.29 is 9.13 Å². The van der Waals surface area contributed by atoms with Gasteiger partial charge in [-0.3, -0.25) is 0 Å². The molecule has 0 saturated heterocycles. The summed E-state index contributed by atoms with van der Waals surface area (Å²) < 4.78 is 19.6. The van der Waals surface area contributed by atoms with Crippen molar-refractivity contribution in [1.82, 2.24) is 0 Å². The second kappa shape index (κ2) is 7.05. The van der Waals surface area contributed by atoms with E-state index in [1.165, 1.54) is 6.07 Å². The van der Waals surface area contributed by atoms with Crippen LogP contribution in [0.4, 0.5) is 4.39 Å². The van der Waals surface area contributed by atoms with Crippen molar-refractivity contribution in [3.63, 3.8) is 0 Å². The minimum Gasteiger partial charge on any atom is -0.488 e. The maximum absolute atomic E-state index is 13.2. The molecule has 2 rings (SSSR count). The second-order valence-corrected chi connectivity index (χ2v) is 6.14. The molecule has 0 saturated carbocycles. The zero-order valence-electron chi connectivity index (χ0n) is 12.2. The number of ether oxygens (including phenoxy) is 1. The number of hydrogen-bond acceptors (Lipinski definition) is 2. The van der Waals surface area contributed by atoms with E-state index in [4.69, 9.17) is 10.5 Å². The SMILES string of the molecule is Cc1cccc(CC(C)N)c1OCc1ccc(F)c(Br)c1. The van der Waals surface area contributed by atoms with Crippen LogP contribution in [0, 0.1) is 12.7 Å². The average Bonchev–Trinajstić information content (AvgIpc) is 2.41. The standard InChI is InChI=1S/C17H19BrFNO/c1-11-4-3-5-14(8-12(2)20)17(11)21-10-13-6-7-16(19)15(18)9-13/h3-7,9,12H,8,10,20H2,1-2H3. The van der Waals surface area contributed by atoms with E-state index in [1.807, 2.05) is 32.0 Å². The van der Waals surface area contributed by atoms with E-state index >= 15 is 0 Å². The molecule has 4 heteroatoms. The second-order valence-electron chi connectivity index (χ2n) is 5.28. The molecule has 2 N–H and O–H groups in total. The van der Waals surface area contributed by atoms with Gasteiger partial charge in [0.25, 0.3) is 0 Å². The summed E-state index contributed by atoms with van der Waals surface area (Å²) in [6.45, 7) is 4.39. The summed E-state index contributed by atoms with van der Waals surface area (Å²) in [5, 5.41) is 0. The fourth-order valence-corrected chi connectivity index (χ4v) is 2.64. The predicted molar refractivity (Wildman–Crippen MR) is 87.0 cm³/mol. The number of aryl methyl sites for hydroxylation is 1. The molecule has 0 fully saturated rings. The van der Waals surface area contributed by atoms with Crippen LogP contribution in [0.25, 0.3) is 0 Å². The van der Waals surface area contributed by atoms with Crippen LogP contribution in [0.2, 0.25) is 0 Å². The lowest BCUT2D eigenvalue weighted by molar-refractivity contribution is 0.300. The van der Waals surface area contributed by atoms with Crippen LogP contribution in [0.15, 0.2) is 40.9 Å². The largest absolute Gasteiger partial charge is 0.488 e. The minimum absolute atomic E-state index is 0.0779. The molecule has 0 aromatic heterocycles. The quantitative estimate of drug-likeness (QED) is 0.868. The number of halogens is 2. The fourth-order valence-electron chi connectivity index (χ4n) is 2.21. The lowest BCUT2D eigenvalue weighted by Gasteiger charge is -2.15. The van der Waals surface area contributed by atoms with Gasteiger partial charge in [-0.15, -0.1) is 0 Å². The zero-order chi connectivity index (χ0) is 15.4. The third-order valence-electron chi connectivity index (χ3n) is 3.20. The van der Waals surface area contributed by atoms with Gasteiger partial charge in [-0.1, -0.05) is 24.3 Å². The molecule has 0 aliphatic heterocycles. The van der Waals surface area contributed by atoms with Gasteiger partial charge in [-0.2, -0.15) is 0 Å². The van der Waals surface area contributed by atoms with Crippen molar-refractivity contribution >= 4 is 15.9 Å². The monoisotopic (exact) mass is 351 g/mol. The van der Waals surface area contributed by atoms with Gasteiger partial charge in [-0.25, -0.2) is 4.39 Å². The molecule has 1 unspecified atom stereocenters. The molecule has 2 aromatic rings. The lowest BCUT2D eigenvalue weighted by Crippen LogP contribution is -2.18. The van der Waals surface area contributed by atoms with E-state index < -0.39 is 0 Å². The highest BCUT2D eigenvalue weighted by atomic mass is 79.9. The highest BCUT2D eigenvalue weighted by Gasteiger charge is 2.10. The van der Waals surface area contributed by atoms with Crippen molar-refractivity contribution in [2.75, 3.05) is 0 Å². The Bertz CT molecular complexity index is 628. The first-order valence-corrected chi connectivity index (χ1v) is 7.67. The summed E-state index contributed by atoms with van der Waals surface area (Å²) in [7, 11) is 0. The Labute approximate surface area is 133 Å².